The van der Waals surface area contributed by atoms with E-state index < -0.39 is 5.69 Å². The zero-order valence-electron chi connectivity index (χ0n) is 19.9. The number of fused-ring (bicyclic) bond motifs is 1. The third kappa shape index (κ3) is 4.33. The summed E-state index contributed by atoms with van der Waals surface area (Å²) in [5, 5.41) is 18.5. The summed E-state index contributed by atoms with van der Waals surface area (Å²) in [6.45, 7) is 5.52. The Hall–Kier alpha value is -3.77. The number of thiophene rings is 1. The molecule has 2 atom stereocenters. The van der Waals surface area contributed by atoms with E-state index in [4.69, 9.17) is 9.98 Å². The molecule has 11 nitrogen and oxygen atoms in total. The van der Waals surface area contributed by atoms with Crippen molar-refractivity contribution in [3.8, 4) is 16.5 Å². The predicted octanol–water partition coefficient (Wildman–Crippen LogP) is 0.613. The molecule has 2 unspecified atom stereocenters. The van der Waals surface area contributed by atoms with Crippen LogP contribution >= 0.6 is 11.3 Å². The van der Waals surface area contributed by atoms with Gasteiger partial charge in [-0.1, -0.05) is 0 Å². The number of imidazole rings is 1. The Kier molecular flexibility index (Phi) is 5.49. The van der Waals surface area contributed by atoms with Gasteiger partial charge in [0.2, 0.25) is 5.88 Å². The Morgan fingerprint density at radius 2 is 2.00 bits per heavy atom. The lowest BCUT2D eigenvalue weighted by Gasteiger charge is -2.35. The molecule has 0 radical (unpaired) electrons. The van der Waals surface area contributed by atoms with Gasteiger partial charge in [0.25, 0.3) is 5.91 Å². The van der Waals surface area contributed by atoms with E-state index in [9.17, 15) is 14.7 Å². The number of hydrogen-bond donors (Lipinski definition) is 4. The molecule has 0 bridgehead atoms. The van der Waals surface area contributed by atoms with Gasteiger partial charge in [0.05, 0.1) is 27.7 Å². The fourth-order valence-corrected chi connectivity index (χ4v) is 5.50. The number of rotatable bonds is 4. The Morgan fingerprint density at radius 3 is 2.69 bits per heavy atom. The highest BCUT2D eigenvalue weighted by Gasteiger charge is 2.27. The summed E-state index contributed by atoms with van der Waals surface area (Å²) in [4.78, 5) is 42.7. The lowest BCUT2D eigenvalue weighted by atomic mass is 10.1. The minimum atomic E-state index is -0.502. The second kappa shape index (κ2) is 8.71. The van der Waals surface area contributed by atoms with Crippen molar-refractivity contribution in [2.45, 2.75) is 44.8 Å². The van der Waals surface area contributed by atoms with Crippen LogP contribution in [0, 0.1) is 0 Å². The molecule has 4 aromatic heterocycles. The molecule has 6 rings (SSSR count). The first kappa shape index (κ1) is 22.7. The van der Waals surface area contributed by atoms with Crippen LogP contribution in [-0.2, 0) is 0 Å². The fourth-order valence-electron chi connectivity index (χ4n) is 4.56. The van der Waals surface area contributed by atoms with Crippen LogP contribution in [0.1, 0.15) is 42.1 Å². The van der Waals surface area contributed by atoms with Crippen molar-refractivity contribution < 1.29 is 9.90 Å². The van der Waals surface area contributed by atoms with Gasteiger partial charge >= 0.3 is 5.69 Å². The first-order valence-electron chi connectivity index (χ1n) is 11.9. The van der Waals surface area contributed by atoms with Crippen molar-refractivity contribution in [2.24, 2.45) is 4.99 Å². The van der Waals surface area contributed by atoms with Gasteiger partial charge in [-0.3, -0.25) is 14.8 Å². The molecule has 1 amide bonds. The molecule has 1 aliphatic carbocycles. The van der Waals surface area contributed by atoms with Crippen LogP contribution in [0.15, 0.2) is 34.2 Å². The summed E-state index contributed by atoms with van der Waals surface area (Å²) in [7, 11) is 0. The number of carbonyl (C=O) groups excluding carboxylic acids is 1. The third-order valence-electron chi connectivity index (χ3n) is 6.29. The van der Waals surface area contributed by atoms with Gasteiger partial charge in [-0.15, -0.1) is 11.3 Å². The molecule has 186 valence electrons. The normalized spacial score (nSPS) is 21.6. The molecule has 0 spiro atoms. The van der Waals surface area contributed by atoms with Gasteiger partial charge < -0.3 is 20.3 Å². The van der Waals surface area contributed by atoms with E-state index in [1.165, 1.54) is 11.3 Å². The standard InChI is InChI=1S/C24H26N8O3S/c1-12-10-31(11-13(2)26-12)23(34)19-6-5-18(36-19)16-8-20(27-15-3-4-15)32-21(28-16)14(9-25-32)7-17-22(33)30-24(35)29-17/h5-9,12-13,15,26,33H,3-4,10-11H2,1-2H3,(H2,29,30,35). The summed E-state index contributed by atoms with van der Waals surface area (Å²) in [6.07, 6.45) is 5.32. The highest BCUT2D eigenvalue weighted by Crippen LogP contribution is 2.28. The topological polar surface area (TPSA) is 144 Å². The quantitative estimate of drug-likeness (QED) is 0.319. The summed E-state index contributed by atoms with van der Waals surface area (Å²) in [5.41, 5.74) is 1.65. The lowest BCUT2D eigenvalue weighted by molar-refractivity contribution is 0.0678. The smallest absolute Gasteiger partial charge is 0.326 e. The SMILES string of the molecule is CC1CN(C(=O)c2ccc(-c3cc(=NC4CC4)n4ncc(=Cc5[nH]c(=O)[nH]c5O)c4n3)s2)CC(C)N1. The molecule has 5 heterocycles. The largest absolute Gasteiger partial charge is 0.493 e. The van der Waals surface area contributed by atoms with E-state index in [2.05, 4.69) is 34.2 Å². The highest BCUT2D eigenvalue weighted by molar-refractivity contribution is 7.17. The van der Waals surface area contributed by atoms with Crippen molar-refractivity contribution >= 4 is 29.0 Å². The molecule has 4 aromatic rings. The second-order valence-electron chi connectivity index (χ2n) is 9.52. The van der Waals surface area contributed by atoms with Crippen LogP contribution in [0.4, 0.5) is 0 Å². The molecule has 0 aromatic carbocycles. The summed E-state index contributed by atoms with van der Waals surface area (Å²) < 4.78 is 1.67. The van der Waals surface area contributed by atoms with Crippen molar-refractivity contribution in [1.82, 2.24) is 34.8 Å². The maximum absolute atomic E-state index is 13.2. The van der Waals surface area contributed by atoms with Gasteiger partial charge in [0.1, 0.15) is 5.69 Å². The van der Waals surface area contributed by atoms with Gasteiger partial charge in [-0.25, -0.2) is 9.78 Å². The number of aromatic amines is 2. The first-order valence-corrected chi connectivity index (χ1v) is 12.8. The number of nitrogens with zero attached hydrogens (tertiary/aromatic N) is 5. The average molecular weight is 507 g/mol. The van der Waals surface area contributed by atoms with Crippen molar-refractivity contribution in [3.05, 3.63) is 56.2 Å². The Bertz CT molecular complexity index is 1630. The third-order valence-corrected chi connectivity index (χ3v) is 7.39. The van der Waals surface area contributed by atoms with Crippen LogP contribution < -0.4 is 21.7 Å². The predicted molar refractivity (Wildman–Crippen MR) is 135 cm³/mol. The monoisotopic (exact) mass is 506 g/mol. The number of piperazine rings is 1. The van der Waals surface area contributed by atoms with E-state index >= 15 is 0 Å². The van der Waals surface area contributed by atoms with Gasteiger partial charge in [0.15, 0.2) is 11.1 Å². The molecule has 12 heteroatoms. The summed E-state index contributed by atoms with van der Waals surface area (Å²) in [5.74, 6) is -0.225. The molecule has 2 aliphatic rings. The van der Waals surface area contributed by atoms with Crippen molar-refractivity contribution in [3.63, 3.8) is 0 Å². The second-order valence-corrected chi connectivity index (χ2v) is 10.6. The van der Waals surface area contributed by atoms with E-state index in [1.54, 1.807) is 16.8 Å². The molecule has 2 fully saturated rings. The highest BCUT2D eigenvalue weighted by atomic mass is 32.1. The number of carbonyl (C=O) groups is 1. The minimum Gasteiger partial charge on any atom is -0.493 e. The molecular weight excluding hydrogens is 480 g/mol. The summed E-state index contributed by atoms with van der Waals surface area (Å²) in [6, 6.07) is 6.43. The number of H-pyrrole nitrogens is 2. The number of aromatic hydroxyl groups is 1. The maximum atomic E-state index is 13.2. The van der Waals surface area contributed by atoms with Gasteiger partial charge in [-0.2, -0.15) is 9.61 Å². The van der Waals surface area contributed by atoms with E-state index in [1.807, 2.05) is 23.1 Å². The molecule has 4 N–H and O–H groups in total. The molecular formula is C24H26N8O3S. The number of amides is 1. The van der Waals surface area contributed by atoms with E-state index in [0.717, 1.165) is 17.7 Å². The van der Waals surface area contributed by atoms with Crippen LogP contribution in [0.2, 0.25) is 0 Å². The van der Waals surface area contributed by atoms with Crippen LogP contribution in [-0.4, -0.2) is 71.7 Å². The Labute approximate surface area is 209 Å². The fraction of sp³-hybridized carbons (Fsp3) is 0.375. The number of hydrogen-bond acceptors (Lipinski definition) is 8. The average Bonchev–Trinajstić information content (AvgIpc) is 3.22. The number of aromatic nitrogens is 5. The molecule has 1 saturated carbocycles. The molecule has 1 saturated heterocycles. The molecule has 36 heavy (non-hydrogen) atoms. The zero-order chi connectivity index (χ0) is 25.0. The van der Waals surface area contributed by atoms with E-state index in [-0.39, 0.29) is 35.6 Å². The van der Waals surface area contributed by atoms with Crippen molar-refractivity contribution in [1.29, 1.82) is 0 Å². The summed E-state index contributed by atoms with van der Waals surface area (Å²) >= 11 is 1.41. The van der Waals surface area contributed by atoms with Crippen LogP contribution in [0.5, 0.6) is 5.88 Å². The van der Waals surface area contributed by atoms with Crippen LogP contribution in [0.3, 0.4) is 0 Å². The maximum Gasteiger partial charge on any atom is 0.326 e. The zero-order valence-corrected chi connectivity index (χ0v) is 20.7. The Balaban J connectivity index is 1.42. The van der Waals surface area contributed by atoms with E-state index in [0.29, 0.717) is 40.0 Å². The van der Waals surface area contributed by atoms with Gasteiger partial charge in [0, 0.05) is 36.5 Å². The number of nitrogens with one attached hydrogen (secondary N) is 3. The first-order chi connectivity index (χ1) is 17.3. The Morgan fingerprint density at radius 1 is 1.22 bits per heavy atom. The van der Waals surface area contributed by atoms with Gasteiger partial charge in [-0.05, 0) is 44.9 Å². The van der Waals surface area contributed by atoms with Crippen LogP contribution in [0.25, 0.3) is 22.3 Å². The lowest BCUT2D eigenvalue weighted by Crippen LogP contribution is -2.55. The molecule has 1 aliphatic heterocycles. The minimum absolute atomic E-state index is 0.0284. The van der Waals surface area contributed by atoms with Crippen molar-refractivity contribution in [2.75, 3.05) is 13.1 Å².